The van der Waals surface area contributed by atoms with Crippen molar-refractivity contribution in [2.24, 2.45) is 23.7 Å². The Morgan fingerprint density at radius 3 is 1.34 bits per heavy atom. The molecule has 0 unspecified atom stereocenters. The second-order valence-electron chi connectivity index (χ2n) is 13.1. The van der Waals surface area contributed by atoms with Crippen molar-refractivity contribution in [3.8, 4) is 11.5 Å². The molecular weight excluding hydrogens is 392 g/mol. The number of hydrogen-bond donors (Lipinski definition) is 2. The predicted octanol–water partition coefficient (Wildman–Crippen LogP) is 7.44. The highest BCUT2D eigenvalue weighted by Gasteiger charge is 2.58. The molecule has 0 amide bonds. The fourth-order valence-corrected chi connectivity index (χ4v) is 7.83. The summed E-state index contributed by atoms with van der Waals surface area (Å²) in [6.07, 6.45) is 6.67. The van der Waals surface area contributed by atoms with Crippen LogP contribution < -0.4 is 0 Å². The van der Waals surface area contributed by atoms with Crippen LogP contribution in [0, 0.1) is 23.7 Å². The highest BCUT2D eigenvalue weighted by atomic mass is 16.3. The Morgan fingerprint density at radius 2 is 1.00 bits per heavy atom. The van der Waals surface area contributed by atoms with Gasteiger partial charge in [-0.1, -0.05) is 65.8 Å². The molecule has 0 radical (unpaired) electrons. The van der Waals surface area contributed by atoms with Crippen LogP contribution in [-0.4, -0.2) is 10.2 Å². The van der Waals surface area contributed by atoms with E-state index < -0.39 is 0 Å². The van der Waals surface area contributed by atoms with Gasteiger partial charge in [-0.05, 0) is 101 Å². The summed E-state index contributed by atoms with van der Waals surface area (Å²) in [5.74, 6) is 3.83. The zero-order valence-corrected chi connectivity index (χ0v) is 20.7. The minimum atomic E-state index is -0.112. The number of phenols is 2. The molecule has 0 atom stereocenters. The summed E-state index contributed by atoms with van der Waals surface area (Å²) in [5, 5.41) is 21.5. The van der Waals surface area contributed by atoms with Gasteiger partial charge in [0, 0.05) is 5.41 Å². The third kappa shape index (κ3) is 3.20. The van der Waals surface area contributed by atoms with Crippen LogP contribution in [0.4, 0.5) is 0 Å². The van der Waals surface area contributed by atoms with Crippen molar-refractivity contribution in [1.82, 2.24) is 0 Å². The lowest BCUT2D eigenvalue weighted by molar-refractivity contribution is -0.0419. The molecule has 4 aliphatic carbocycles. The predicted molar refractivity (Wildman–Crippen MR) is 131 cm³/mol. The van der Waals surface area contributed by atoms with Crippen molar-refractivity contribution in [3.63, 3.8) is 0 Å². The topological polar surface area (TPSA) is 40.5 Å². The van der Waals surface area contributed by atoms with Gasteiger partial charge >= 0.3 is 0 Å². The van der Waals surface area contributed by atoms with E-state index in [0.717, 1.165) is 23.0 Å². The fraction of sp³-hybridized carbons (Fsp3) is 0.600. The molecule has 4 saturated carbocycles. The number of rotatable bonds is 2. The third-order valence-corrected chi connectivity index (χ3v) is 8.99. The molecular formula is C30H40O2. The molecule has 0 aliphatic heterocycles. The summed E-state index contributed by atoms with van der Waals surface area (Å²) < 4.78 is 0. The van der Waals surface area contributed by atoms with Crippen LogP contribution in [0.3, 0.4) is 0 Å². The van der Waals surface area contributed by atoms with E-state index in [1.54, 1.807) is 0 Å². The molecule has 2 aromatic carbocycles. The van der Waals surface area contributed by atoms with Gasteiger partial charge in [0.1, 0.15) is 11.5 Å². The van der Waals surface area contributed by atoms with Gasteiger partial charge in [0.05, 0.1) is 0 Å². The van der Waals surface area contributed by atoms with Crippen LogP contribution in [0.25, 0.3) is 0 Å². The average molecular weight is 433 g/mol. The Bertz CT molecular complexity index is 940. The van der Waals surface area contributed by atoms with Crippen molar-refractivity contribution in [2.45, 2.75) is 89.9 Å². The van der Waals surface area contributed by atoms with E-state index in [0.29, 0.717) is 23.3 Å². The monoisotopic (exact) mass is 432 g/mol. The van der Waals surface area contributed by atoms with Crippen molar-refractivity contribution in [3.05, 3.63) is 58.7 Å². The molecule has 4 aliphatic rings. The van der Waals surface area contributed by atoms with Crippen molar-refractivity contribution in [2.75, 3.05) is 0 Å². The first-order chi connectivity index (χ1) is 14.9. The van der Waals surface area contributed by atoms with Crippen LogP contribution in [0.15, 0.2) is 36.4 Å². The maximum atomic E-state index is 10.7. The van der Waals surface area contributed by atoms with Crippen molar-refractivity contribution < 1.29 is 10.2 Å². The molecule has 172 valence electrons. The summed E-state index contributed by atoms with van der Waals surface area (Å²) in [5.41, 5.74) is 4.57. The smallest absolute Gasteiger partial charge is 0.119 e. The summed E-state index contributed by atoms with van der Waals surface area (Å²) in [7, 11) is 0. The summed E-state index contributed by atoms with van der Waals surface area (Å²) >= 11 is 0. The Labute approximate surface area is 194 Å². The van der Waals surface area contributed by atoms with Gasteiger partial charge in [-0.15, -0.1) is 0 Å². The largest absolute Gasteiger partial charge is 0.508 e. The molecule has 4 bridgehead atoms. The molecule has 0 heterocycles. The summed E-state index contributed by atoms with van der Waals surface area (Å²) in [6, 6.07) is 12.9. The fourth-order valence-electron chi connectivity index (χ4n) is 7.83. The number of benzene rings is 2. The maximum Gasteiger partial charge on any atom is 0.119 e. The maximum absolute atomic E-state index is 10.7. The lowest BCUT2D eigenvalue weighted by Gasteiger charge is -2.62. The molecule has 2 heteroatoms. The van der Waals surface area contributed by atoms with Crippen LogP contribution >= 0.6 is 0 Å². The minimum Gasteiger partial charge on any atom is -0.508 e. The molecule has 32 heavy (non-hydrogen) atoms. The van der Waals surface area contributed by atoms with E-state index in [-0.39, 0.29) is 16.2 Å². The van der Waals surface area contributed by atoms with Gasteiger partial charge in [-0.3, -0.25) is 0 Å². The Morgan fingerprint density at radius 1 is 0.625 bits per heavy atom. The van der Waals surface area contributed by atoms with Gasteiger partial charge < -0.3 is 10.2 Å². The van der Waals surface area contributed by atoms with Gasteiger partial charge in [-0.25, -0.2) is 0 Å². The first-order valence-corrected chi connectivity index (χ1v) is 12.6. The van der Waals surface area contributed by atoms with Crippen LogP contribution in [0.2, 0.25) is 0 Å². The summed E-state index contributed by atoms with van der Waals surface area (Å²) in [4.78, 5) is 0. The summed E-state index contributed by atoms with van der Waals surface area (Å²) in [6.45, 7) is 13.1. The quantitative estimate of drug-likeness (QED) is 0.518. The highest BCUT2D eigenvalue weighted by molar-refractivity contribution is 5.52. The molecule has 6 rings (SSSR count). The van der Waals surface area contributed by atoms with Gasteiger partial charge in [0.15, 0.2) is 0 Å². The molecule has 0 aromatic heterocycles. The second-order valence-corrected chi connectivity index (χ2v) is 13.1. The molecule has 0 spiro atoms. The van der Waals surface area contributed by atoms with E-state index >= 15 is 0 Å². The normalized spacial score (nSPS) is 28.8. The third-order valence-electron chi connectivity index (χ3n) is 8.99. The van der Waals surface area contributed by atoms with Gasteiger partial charge in [0.2, 0.25) is 0 Å². The highest BCUT2D eigenvalue weighted by Crippen LogP contribution is 2.65. The number of aromatic hydroxyl groups is 2. The lowest BCUT2D eigenvalue weighted by Crippen LogP contribution is -2.56. The van der Waals surface area contributed by atoms with E-state index in [1.807, 2.05) is 12.1 Å². The SMILES string of the molecule is CC(C)(C)c1cc(C2(c3ccc(O)c(C(C)(C)C)c3)C3CC4CC(C3)CC2C4)ccc1O. The average Bonchev–Trinajstić information content (AvgIpc) is 2.67. The molecule has 0 saturated heterocycles. The zero-order valence-electron chi connectivity index (χ0n) is 20.7. The molecule has 2 nitrogen and oxygen atoms in total. The number of hydrogen-bond acceptors (Lipinski definition) is 2. The van der Waals surface area contributed by atoms with Crippen molar-refractivity contribution >= 4 is 0 Å². The van der Waals surface area contributed by atoms with E-state index in [9.17, 15) is 10.2 Å². The first kappa shape index (κ1) is 21.9. The Kier molecular flexibility index (Phi) is 4.79. The van der Waals surface area contributed by atoms with E-state index in [4.69, 9.17) is 0 Å². The van der Waals surface area contributed by atoms with E-state index in [1.165, 1.54) is 43.2 Å². The molecule has 2 aromatic rings. The standard InChI is InChI=1S/C30H40O2/c1-28(2,3)24-16-20(7-9-26(24)31)30(21-8-10-27(32)25(17-21)29(4,5)6)22-12-18-11-19(14-22)15-23(30)13-18/h7-10,16-19,22-23,31-32H,11-15H2,1-6H3. The second kappa shape index (κ2) is 7.02. The van der Waals surface area contributed by atoms with Crippen molar-refractivity contribution in [1.29, 1.82) is 0 Å². The molecule has 2 N–H and O–H groups in total. The minimum absolute atomic E-state index is 0.0329. The number of phenolic OH excluding ortho intramolecular Hbond substituents is 2. The van der Waals surface area contributed by atoms with Crippen LogP contribution in [-0.2, 0) is 16.2 Å². The zero-order chi connectivity index (χ0) is 23.1. The van der Waals surface area contributed by atoms with Crippen LogP contribution in [0.5, 0.6) is 11.5 Å². The van der Waals surface area contributed by atoms with Gasteiger partial charge in [0.25, 0.3) is 0 Å². The van der Waals surface area contributed by atoms with E-state index in [2.05, 4.69) is 65.8 Å². The Hall–Kier alpha value is -1.96. The van der Waals surface area contributed by atoms with Gasteiger partial charge in [-0.2, -0.15) is 0 Å². The lowest BCUT2D eigenvalue weighted by atomic mass is 9.42. The molecule has 4 fully saturated rings. The van der Waals surface area contributed by atoms with Crippen LogP contribution in [0.1, 0.15) is 95.9 Å². The first-order valence-electron chi connectivity index (χ1n) is 12.6. The Balaban J connectivity index is 1.77.